The smallest absolute Gasteiger partial charge is 0.0136 e. The van der Waals surface area contributed by atoms with Crippen LogP contribution in [0.2, 0.25) is 0 Å². The molecule has 0 atom stereocenters. The summed E-state index contributed by atoms with van der Waals surface area (Å²) in [6.45, 7) is 2.27. The summed E-state index contributed by atoms with van der Waals surface area (Å²) in [5.41, 5.74) is 0. The summed E-state index contributed by atoms with van der Waals surface area (Å²) in [5.74, 6) is 0. The largest absolute Gasteiger partial charge is 0.0951 e. The predicted octanol–water partition coefficient (Wildman–Crippen LogP) is 4.83. The Morgan fingerprint density at radius 3 is 2.08 bits per heavy atom. The van der Waals surface area contributed by atoms with Gasteiger partial charge in [-0.2, -0.15) is 0 Å². The normalized spacial score (nSPS) is 11.2. The summed E-state index contributed by atoms with van der Waals surface area (Å²) in [6, 6.07) is 0. The van der Waals surface area contributed by atoms with Gasteiger partial charge in [-0.05, 0) is 19.0 Å². The minimum atomic E-state index is 0.997. The third-order valence-corrected chi connectivity index (χ3v) is 2.49. The average Bonchev–Trinajstić information content (AvgIpc) is 2.16. The van der Waals surface area contributed by atoms with Crippen LogP contribution in [0.4, 0.5) is 0 Å². The summed E-state index contributed by atoms with van der Waals surface area (Å²) in [7, 11) is 3.42. The van der Waals surface area contributed by atoms with Crippen LogP contribution in [0.15, 0.2) is 12.2 Å². The van der Waals surface area contributed by atoms with Crippen LogP contribution in [-0.4, -0.2) is 6.16 Å². The predicted molar refractivity (Wildman–Crippen MR) is 64.9 cm³/mol. The third kappa shape index (κ3) is 12.2. The molecule has 0 fully saturated rings. The highest BCUT2D eigenvalue weighted by Crippen LogP contribution is 2.08. The molecule has 0 aliphatic rings. The Labute approximate surface area is 86.4 Å². The van der Waals surface area contributed by atoms with E-state index in [4.69, 9.17) is 0 Å². The average molecular weight is 199 g/mol. The molecule has 0 saturated carbocycles. The van der Waals surface area contributed by atoms with Crippen molar-refractivity contribution in [3.8, 4) is 0 Å². The van der Waals surface area contributed by atoms with E-state index < -0.39 is 0 Å². The van der Waals surface area contributed by atoms with Crippen molar-refractivity contribution in [3.63, 3.8) is 0 Å². The van der Waals surface area contributed by atoms with E-state index in [2.05, 4.69) is 28.3 Å². The first-order valence-corrected chi connectivity index (χ1v) is 6.42. The number of unbranched alkanes of at least 4 members (excludes halogenated alkanes) is 7. The number of rotatable bonds is 9. The summed E-state index contributed by atoms with van der Waals surface area (Å²) < 4.78 is 0. The monoisotopic (exact) mass is 199 g/mol. The van der Waals surface area contributed by atoms with Crippen LogP contribution in [-0.2, 0) is 0 Å². The molecule has 0 aliphatic carbocycles. The SMILES string of the molecule is CCCCCCCCC/C=C/C[PH]. The van der Waals surface area contributed by atoms with Crippen molar-refractivity contribution in [3.05, 3.63) is 12.2 Å². The van der Waals surface area contributed by atoms with Gasteiger partial charge in [0.05, 0.1) is 0 Å². The van der Waals surface area contributed by atoms with Gasteiger partial charge in [-0.3, -0.25) is 0 Å². The number of hydrogen-bond donors (Lipinski definition) is 0. The minimum absolute atomic E-state index is 0.997. The van der Waals surface area contributed by atoms with E-state index in [0.717, 1.165) is 6.16 Å². The van der Waals surface area contributed by atoms with Gasteiger partial charge in [-0.1, -0.05) is 66.8 Å². The molecule has 0 N–H and O–H groups in total. The van der Waals surface area contributed by atoms with Gasteiger partial charge in [-0.25, -0.2) is 0 Å². The van der Waals surface area contributed by atoms with Crippen LogP contribution in [0.1, 0.15) is 58.3 Å². The first-order valence-electron chi connectivity index (χ1n) is 5.71. The Morgan fingerprint density at radius 1 is 0.846 bits per heavy atom. The van der Waals surface area contributed by atoms with Crippen molar-refractivity contribution in [2.75, 3.05) is 6.16 Å². The van der Waals surface area contributed by atoms with Crippen LogP contribution in [0, 0.1) is 0 Å². The molecule has 1 heteroatoms. The molecule has 0 nitrogen and oxygen atoms in total. The molecule has 0 aromatic rings. The molecule has 77 valence electrons. The maximum absolute atomic E-state index is 3.42. The molecule has 0 amide bonds. The molecule has 0 saturated heterocycles. The van der Waals surface area contributed by atoms with E-state index in [1.165, 1.54) is 51.4 Å². The molecule has 0 heterocycles. The molecular weight excluding hydrogens is 175 g/mol. The van der Waals surface area contributed by atoms with E-state index in [1.54, 1.807) is 0 Å². The molecule has 0 unspecified atom stereocenters. The topological polar surface area (TPSA) is 0 Å². The fourth-order valence-corrected chi connectivity index (χ4v) is 1.59. The standard InChI is InChI=1S/C12H24P/c1-2-3-4-5-6-7-8-9-10-11-12-13/h10-11,13H,2-9,12H2,1H3/b11-10+. The van der Waals surface area contributed by atoms with Crippen LogP contribution >= 0.6 is 9.24 Å². The van der Waals surface area contributed by atoms with Crippen molar-refractivity contribution in [1.29, 1.82) is 0 Å². The summed E-state index contributed by atoms with van der Waals surface area (Å²) >= 11 is 0. The van der Waals surface area contributed by atoms with E-state index in [9.17, 15) is 0 Å². The Hall–Kier alpha value is 0.170. The second kappa shape index (κ2) is 12.2. The van der Waals surface area contributed by atoms with E-state index in [1.807, 2.05) is 0 Å². The maximum Gasteiger partial charge on any atom is -0.0136 e. The fourth-order valence-electron chi connectivity index (χ4n) is 1.42. The van der Waals surface area contributed by atoms with Crippen molar-refractivity contribution in [1.82, 2.24) is 0 Å². The van der Waals surface area contributed by atoms with E-state index in [-0.39, 0.29) is 0 Å². The van der Waals surface area contributed by atoms with Gasteiger partial charge in [0, 0.05) is 0 Å². The molecule has 0 aromatic carbocycles. The Kier molecular flexibility index (Phi) is 12.3. The van der Waals surface area contributed by atoms with Gasteiger partial charge in [0.2, 0.25) is 0 Å². The van der Waals surface area contributed by atoms with Gasteiger partial charge >= 0.3 is 0 Å². The van der Waals surface area contributed by atoms with Gasteiger partial charge in [-0.15, -0.1) is 0 Å². The van der Waals surface area contributed by atoms with Gasteiger partial charge < -0.3 is 0 Å². The van der Waals surface area contributed by atoms with Crippen molar-refractivity contribution in [2.24, 2.45) is 0 Å². The zero-order chi connectivity index (χ0) is 9.78. The Morgan fingerprint density at radius 2 is 1.46 bits per heavy atom. The molecular formula is C12H24P. The summed E-state index contributed by atoms with van der Waals surface area (Å²) in [6.07, 6.45) is 16.6. The summed E-state index contributed by atoms with van der Waals surface area (Å²) in [5, 5.41) is 0. The van der Waals surface area contributed by atoms with E-state index >= 15 is 0 Å². The lowest BCUT2D eigenvalue weighted by Crippen LogP contribution is -1.78. The van der Waals surface area contributed by atoms with E-state index in [0.29, 0.717) is 0 Å². The van der Waals surface area contributed by atoms with Crippen LogP contribution in [0.5, 0.6) is 0 Å². The molecule has 1 radical (unpaired) electrons. The molecule has 0 aromatic heterocycles. The second-order valence-electron chi connectivity index (χ2n) is 3.59. The van der Waals surface area contributed by atoms with Crippen LogP contribution in [0.25, 0.3) is 0 Å². The highest BCUT2D eigenvalue weighted by Gasteiger charge is 1.88. The molecule has 0 spiro atoms. The second-order valence-corrected chi connectivity index (χ2v) is 3.99. The molecule has 13 heavy (non-hydrogen) atoms. The van der Waals surface area contributed by atoms with Crippen LogP contribution < -0.4 is 0 Å². The lowest BCUT2D eigenvalue weighted by Gasteiger charge is -1.98. The molecule has 0 aliphatic heterocycles. The lowest BCUT2D eigenvalue weighted by molar-refractivity contribution is 0.592. The number of allylic oxidation sites excluding steroid dienone is 2. The highest BCUT2D eigenvalue weighted by molar-refractivity contribution is 7.16. The Bertz CT molecular complexity index is 108. The Balaban J connectivity index is 2.87. The number of hydrogen-bond acceptors (Lipinski definition) is 0. The highest BCUT2D eigenvalue weighted by atomic mass is 31.0. The zero-order valence-electron chi connectivity index (χ0n) is 9.02. The zero-order valence-corrected chi connectivity index (χ0v) is 10.0. The molecule has 0 rings (SSSR count). The summed E-state index contributed by atoms with van der Waals surface area (Å²) in [4.78, 5) is 0. The first-order chi connectivity index (χ1) is 6.41. The third-order valence-electron chi connectivity index (χ3n) is 2.26. The quantitative estimate of drug-likeness (QED) is 0.283. The van der Waals surface area contributed by atoms with Crippen LogP contribution in [0.3, 0.4) is 0 Å². The van der Waals surface area contributed by atoms with Gasteiger partial charge in [0.15, 0.2) is 0 Å². The maximum atomic E-state index is 3.42. The lowest BCUT2D eigenvalue weighted by atomic mass is 10.1. The minimum Gasteiger partial charge on any atom is -0.0951 e. The van der Waals surface area contributed by atoms with Crippen molar-refractivity contribution >= 4 is 9.24 Å². The fraction of sp³-hybridized carbons (Fsp3) is 0.833. The first kappa shape index (κ1) is 13.2. The van der Waals surface area contributed by atoms with Crippen molar-refractivity contribution < 1.29 is 0 Å². The van der Waals surface area contributed by atoms with Crippen molar-refractivity contribution in [2.45, 2.75) is 58.3 Å². The van der Waals surface area contributed by atoms with Gasteiger partial charge in [0.1, 0.15) is 0 Å². The van der Waals surface area contributed by atoms with Gasteiger partial charge in [0.25, 0.3) is 0 Å². The molecule has 0 bridgehead atoms.